The normalized spacial score (nSPS) is 15.4. The lowest BCUT2D eigenvalue weighted by Gasteiger charge is -2.42. The first-order valence-electron chi connectivity index (χ1n) is 13.5. The van der Waals surface area contributed by atoms with Crippen molar-refractivity contribution in [3.05, 3.63) is 131 Å². The molecule has 0 atom stereocenters. The lowest BCUT2D eigenvalue weighted by atomic mass is 9.73. The third kappa shape index (κ3) is 6.28. The van der Waals surface area contributed by atoms with E-state index in [2.05, 4.69) is 29.2 Å². The van der Waals surface area contributed by atoms with E-state index in [9.17, 15) is 18.4 Å². The largest absolute Gasteiger partial charge is 0.417 e. The fourth-order valence-corrected chi connectivity index (χ4v) is 5.61. The highest BCUT2D eigenvalue weighted by atomic mass is 19.4. The van der Waals surface area contributed by atoms with Crippen LogP contribution in [-0.4, -0.2) is 24.6 Å². The molecule has 4 aromatic carbocycles. The Labute approximate surface area is 233 Å². The summed E-state index contributed by atoms with van der Waals surface area (Å²) in [6.07, 6.45) is -2.92. The molecule has 204 valence electrons. The molecule has 1 heterocycles. The van der Waals surface area contributed by atoms with Crippen LogP contribution in [0.2, 0.25) is 0 Å². The van der Waals surface area contributed by atoms with Crippen molar-refractivity contribution in [3.8, 4) is 17.2 Å². The van der Waals surface area contributed by atoms with Gasteiger partial charge in [-0.15, -0.1) is 0 Å². The molecular formula is C34H31F3N2O. The van der Waals surface area contributed by atoms with Crippen LogP contribution in [-0.2, 0) is 29.5 Å². The average molecular weight is 541 g/mol. The molecule has 40 heavy (non-hydrogen) atoms. The van der Waals surface area contributed by atoms with Gasteiger partial charge in [-0.05, 0) is 65.9 Å². The van der Waals surface area contributed by atoms with E-state index in [1.807, 2.05) is 42.5 Å². The summed E-state index contributed by atoms with van der Waals surface area (Å²) in [7, 11) is 0. The van der Waals surface area contributed by atoms with Crippen molar-refractivity contribution in [1.29, 1.82) is 5.26 Å². The van der Waals surface area contributed by atoms with Gasteiger partial charge in [0.2, 0.25) is 0 Å². The van der Waals surface area contributed by atoms with Gasteiger partial charge in [-0.25, -0.2) is 0 Å². The maximum Gasteiger partial charge on any atom is 0.417 e. The molecular weight excluding hydrogens is 509 g/mol. The van der Waals surface area contributed by atoms with Crippen molar-refractivity contribution in [2.75, 3.05) is 19.7 Å². The molecule has 0 N–H and O–H groups in total. The van der Waals surface area contributed by atoms with Crippen LogP contribution < -0.4 is 0 Å². The Morgan fingerprint density at radius 1 is 0.800 bits per heavy atom. The van der Waals surface area contributed by atoms with E-state index in [1.165, 1.54) is 11.1 Å². The highest BCUT2D eigenvalue weighted by molar-refractivity contribution is 5.68. The molecule has 5 rings (SSSR count). The number of ether oxygens (including phenoxy) is 1. The number of halogens is 3. The maximum absolute atomic E-state index is 14.0. The Balaban J connectivity index is 1.38. The molecule has 0 aromatic heterocycles. The van der Waals surface area contributed by atoms with Gasteiger partial charge in [0.15, 0.2) is 0 Å². The molecule has 4 aromatic rings. The molecule has 0 spiro atoms. The van der Waals surface area contributed by atoms with Crippen molar-refractivity contribution in [2.24, 2.45) is 0 Å². The van der Waals surface area contributed by atoms with Gasteiger partial charge in [0.1, 0.15) is 6.07 Å². The number of hydrogen-bond donors (Lipinski definition) is 0. The Bertz CT molecular complexity index is 1440. The second-order valence-electron chi connectivity index (χ2n) is 10.4. The van der Waals surface area contributed by atoms with E-state index in [1.54, 1.807) is 36.4 Å². The van der Waals surface area contributed by atoms with Gasteiger partial charge in [0.25, 0.3) is 0 Å². The van der Waals surface area contributed by atoms with Gasteiger partial charge in [0.05, 0.1) is 24.3 Å². The molecule has 0 unspecified atom stereocenters. The van der Waals surface area contributed by atoms with Gasteiger partial charge in [-0.1, -0.05) is 91.0 Å². The zero-order valence-corrected chi connectivity index (χ0v) is 22.2. The Morgan fingerprint density at radius 3 is 2.00 bits per heavy atom. The standard InChI is InChI=1S/C34H31F3N2O/c35-34(36,37)32-21-28(27-12-6-2-7-13-27)20-29(31(32)22-38)24-40-25-33(30-14-8-3-9-15-30)16-18-39(19-17-33)23-26-10-4-1-5-11-26/h1-15,20-21H,16-19,23-25H2. The average Bonchev–Trinajstić information content (AvgIpc) is 2.99. The van der Waals surface area contributed by atoms with E-state index in [0.717, 1.165) is 38.5 Å². The lowest BCUT2D eigenvalue weighted by molar-refractivity contribution is -0.137. The Hall–Kier alpha value is -3.92. The predicted octanol–water partition coefficient (Wildman–Crippen LogP) is 7.99. The summed E-state index contributed by atoms with van der Waals surface area (Å²) in [5.74, 6) is 0. The second-order valence-corrected chi connectivity index (χ2v) is 10.4. The number of piperidine rings is 1. The zero-order chi connectivity index (χ0) is 28.0. The minimum Gasteiger partial charge on any atom is -0.376 e. The van der Waals surface area contributed by atoms with Crippen LogP contribution in [0.15, 0.2) is 103 Å². The predicted molar refractivity (Wildman–Crippen MR) is 150 cm³/mol. The molecule has 1 fully saturated rings. The van der Waals surface area contributed by atoms with Crippen LogP contribution in [0.4, 0.5) is 13.2 Å². The number of likely N-dealkylation sites (tertiary alicyclic amines) is 1. The van der Waals surface area contributed by atoms with Crippen molar-refractivity contribution < 1.29 is 17.9 Å². The highest BCUT2D eigenvalue weighted by Crippen LogP contribution is 2.39. The lowest BCUT2D eigenvalue weighted by Crippen LogP contribution is -2.45. The summed E-state index contributed by atoms with van der Waals surface area (Å²) < 4.78 is 48.2. The van der Waals surface area contributed by atoms with E-state index in [0.29, 0.717) is 17.7 Å². The molecule has 6 heteroatoms. The van der Waals surface area contributed by atoms with Crippen LogP contribution in [0, 0.1) is 11.3 Å². The summed E-state index contributed by atoms with van der Waals surface area (Å²) in [5.41, 5.74) is 2.20. The summed E-state index contributed by atoms with van der Waals surface area (Å²) in [4.78, 5) is 2.43. The summed E-state index contributed by atoms with van der Waals surface area (Å²) in [6, 6.07) is 34.0. The van der Waals surface area contributed by atoms with Crippen LogP contribution in [0.1, 0.15) is 40.7 Å². The summed E-state index contributed by atoms with van der Waals surface area (Å²) in [5, 5.41) is 9.74. The van der Waals surface area contributed by atoms with Gasteiger partial charge in [0, 0.05) is 12.0 Å². The monoisotopic (exact) mass is 540 g/mol. The molecule has 0 saturated carbocycles. The van der Waals surface area contributed by atoms with Crippen molar-refractivity contribution in [1.82, 2.24) is 4.90 Å². The number of rotatable bonds is 8. The summed E-state index contributed by atoms with van der Waals surface area (Å²) >= 11 is 0. The number of benzene rings is 4. The maximum atomic E-state index is 14.0. The molecule has 0 amide bonds. The SMILES string of the molecule is N#Cc1c(COCC2(c3ccccc3)CCN(Cc3ccccc3)CC2)cc(-c2ccccc2)cc1C(F)(F)F. The van der Waals surface area contributed by atoms with Gasteiger partial charge in [-0.2, -0.15) is 18.4 Å². The van der Waals surface area contributed by atoms with Crippen molar-refractivity contribution in [2.45, 2.75) is 37.6 Å². The minimum absolute atomic E-state index is 0.0744. The van der Waals surface area contributed by atoms with Gasteiger partial charge < -0.3 is 4.74 Å². The molecule has 1 saturated heterocycles. The summed E-state index contributed by atoms with van der Waals surface area (Å²) in [6.45, 7) is 2.94. The van der Waals surface area contributed by atoms with E-state index in [-0.39, 0.29) is 23.1 Å². The van der Waals surface area contributed by atoms with Crippen LogP contribution in [0.5, 0.6) is 0 Å². The Kier molecular flexibility index (Phi) is 8.35. The van der Waals surface area contributed by atoms with Crippen molar-refractivity contribution in [3.63, 3.8) is 0 Å². The van der Waals surface area contributed by atoms with Gasteiger partial charge in [-0.3, -0.25) is 4.90 Å². The number of hydrogen-bond acceptors (Lipinski definition) is 3. The molecule has 3 nitrogen and oxygen atoms in total. The molecule has 0 aliphatic carbocycles. The first kappa shape index (κ1) is 27.6. The number of alkyl halides is 3. The van der Waals surface area contributed by atoms with Crippen LogP contribution in [0.3, 0.4) is 0 Å². The quantitative estimate of drug-likeness (QED) is 0.227. The molecule has 1 aliphatic rings. The number of nitrogens with zero attached hydrogens (tertiary/aromatic N) is 2. The Morgan fingerprint density at radius 2 is 1.40 bits per heavy atom. The first-order chi connectivity index (χ1) is 19.4. The fourth-order valence-electron chi connectivity index (χ4n) is 5.61. The topological polar surface area (TPSA) is 36.3 Å². The third-order valence-electron chi connectivity index (χ3n) is 7.83. The van der Waals surface area contributed by atoms with E-state index < -0.39 is 11.7 Å². The smallest absolute Gasteiger partial charge is 0.376 e. The highest BCUT2D eigenvalue weighted by Gasteiger charge is 2.38. The van der Waals surface area contributed by atoms with E-state index in [4.69, 9.17) is 4.74 Å². The minimum atomic E-state index is -4.65. The fraction of sp³-hybridized carbons (Fsp3) is 0.265. The zero-order valence-electron chi connectivity index (χ0n) is 22.2. The van der Waals surface area contributed by atoms with Crippen molar-refractivity contribution >= 4 is 0 Å². The van der Waals surface area contributed by atoms with Crippen LogP contribution in [0.25, 0.3) is 11.1 Å². The second kappa shape index (κ2) is 12.1. The molecule has 1 aliphatic heterocycles. The molecule has 0 radical (unpaired) electrons. The van der Waals surface area contributed by atoms with Gasteiger partial charge >= 0.3 is 6.18 Å². The first-order valence-corrected chi connectivity index (χ1v) is 13.5. The van der Waals surface area contributed by atoms with E-state index >= 15 is 0 Å². The third-order valence-corrected chi connectivity index (χ3v) is 7.83. The van der Waals surface area contributed by atoms with Crippen LogP contribution >= 0.6 is 0 Å². The number of nitriles is 1. The molecule has 0 bridgehead atoms.